The molecule has 0 bridgehead atoms. The smallest absolute Gasteiger partial charge is 0.178 e. The second-order valence-corrected chi connectivity index (χ2v) is 6.20. The second-order valence-electron chi connectivity index (χ2n) is 4.09. The monoisotopic (exact) mass is 260 g/mol. The van der Waals surface area contributed by atoms with Crippen molar-refractivity contribution in [2.45, 2.75) is 27.7 Å². The molecule has 0 atom stereocenters. The minimum absolute atomic E-state index is 0.214. The number of carbonyl (C=O) groups is 1. The quantitative estimate of drug-likeness (QED) is 0.697. The number of aryl methyl sites for hydroxylation is 1. The van der Waals surface area contributed by atoms with E-state index in [-0.39, 0.29) is 11.2 Å². The summed E-state index contributed by atoms with van der Waals surface area (Å²) >= 11 is 4.96. The van der Waals surface area contributed by atoms with Crippen LogP contribution in [0, 0.1) is 12.3 Å². The summed E-state index contributed by atoms with van der Waals surface area (Å²) < 4.78 is 1.03. The van der Waals surface area contributed by atoms with Gasteiger partial charge in [0, 0.05) is 14.8 Å². The van der Waals surface area contributed by atoms with Gasteiger partial charge in [0.1, 0.15) is 0 Å². The van der Waals surface area contributed by atoms with Gasteiger partial charge in [-0.3, -0.25) is 4.79 Å². The zero-order chi connectivity index (χ0) is 10.2. The molecule has 13 heavy (non-hydrogen) atoms. The predicted octanol–water partition coefficient (Wildman–Crippen LogP) is 4.05. The van der Waals surface area contributed by atoms with Crippen LogP contribution < -0.4 is 0 Å². The maximum Gasteiger partial charge on any atom is 0.178 e. The van der Waals surface area contributed by atoms with Gasteiger partial charge in [0.2, 0.25) is 0 Å². The first-order chi connectivity index (χ1) is 5.82. The first-order valence-corrected chi connectivity index (χ1v) is 5.74. The summed E-state index contributed by atoms with van der Waals surface area (Å²) in [6.45, 7) is 7.84. The van der Waals surface area contributed by atoms with Crippen LogP contribution in [0.4, 0.5) is 0 Å². The highest BCUT2D eigenvalue weighted by atomic mass is 79.9. The van der Waals surface area contributed by atoms with Crippen molar-refractivity contribution in [3.05, 3.63) is 20.3 Å². The number of thiophene rings is 1. The van der Waals surface area contributed by atoms with Gasteiger partial charge in [-0.15, -0.1) is 11.3 Å². The molecule has 0 N–H and O–H groups in total. The van der Waals surface area contributed by atoms with E-state index in [1.165, 1.54) is 0 Å². The second kappa shape index (κ2) is 3.54. The van der Waals surface area contributed by atoms with Gasteiger partial charge >= 0.3 is 0 Å². The van der Waals surface area contributed by atoms with Gasteiger partial charge in [0.25, 0.3) is 0 Å². The van der Waals surface area contributed by atoms with Crippen molar-refractivity contribution in [3.63, 3.8) is 0 Å². The highest BCUT2D eigenvalue weighted by Gasteiger charge is 2.24. The summed E-state index contributed by atoms with van der Waals surface area (Å²) in [5, 5.41) is 0. The Morgan fingerprint density at radius 3 is 2.31 bits per heavy atom. The van der Waals surface area contributed by atoms with E-state index in [0.717, 1.165) is 14.2 Å². The largest absolute Gasteiger partial charge is 0.293 e. The SMILES string of the molecule is Cc1sc(C(=O)C(C)(C)C)cc1Br. The van der Waals surface area contributed by atoms with Crippen molar-refractivity contribution >= 4 is 33.0 Å². The minimum Gasteiger partial charge on any atom is -0.293 e. The first kappa shape index (κ1) is 10.9. The van der Waals surface area contributed by atoms with Crippen molar-refractivity contribution in [1.29, 1.82) is 0 Å². The summed E-state index contributed by atoms with van der Waals surface area (Å²) in [6.07, 6.45) is 0. The Morgan fingerprint density at radius 1 is 1.46 bits per heavy atom. The molecular weight excluding hydrogens is 248 g/mol. The summed E-state index contributed by atoms with van der Waals surface area (Å²) in [5.41, 5.74) is -0.281. The molecule has 0 spiro atoms. The van der Waals surface area contributed by atoms with E-state index in [0.29, 0.717) is 0 Å². The van der Waals surface area contributed by atoms with Crippen molar-refractivity contribution in [2.24, 2.45) is 5.41 Å². The van der Waals surface area contributed by atoms with Crippen molar-refractivity contribution in [1.82, 2.24) is 0 Å². The van der Waals surface area contributed by atoms with Crippen LogP contribution in [0.2, 0.25) is 0 Å². The number of Topliss-reactive ketones (excluding diaryl/α,β-unsaturated/α-hetero) is 1. The van der Waals surface area contributed by atoms with Gasteiger partial charge in [-0.1, -0.05) is 20.8 Å². The third kappa shape index (κ3) is 2.41. The number of hydrogen-bond acceptors (Lipinski definition) is 2. The van der Waals surface area contributed by atoms with Crippen LogP contribution in [0.3, 0.4) is 0 Å². The molecule has 1 aromatic heterocycles. The Labute approximate surface area is 91.3 Å². The van der Waals surface area contributed by atoms with Crippen molar-refractivity contribution < 1.29 is 4.79 Å². The number of ketones is 1. The minimum atomic E-state index is -0.281. The predicted molar refractivity (Wildman–Crippen MR) is 60.5 cm³/mol. The maximum atomic E-state index is 11.8. The average Bonchev–Trinajstić information content (AvgIpc) is 2.29. The van der Waals surface area contributed by atoms with E-state index in [9.17, 15) is 4.79 Å². The number of rotatable bonds is 1. The molecule has 0 aliphatic heterocycles. The molecule has 1 rings (SSSR count). The lowest BCUT2D eigenvalue weighted by Gasteiger charge is -2.14. The van der Waals surface area contributed by atoms with E-state index in [2.05, 4.69) is 15.9 Å². The van der Waals surface area contributed by atoms with Gasteiger partial charge in [-0.05, 0) is 28.9 Å². The van der Waals surface area contributed by atoms with Crippen LogP contribution in [0.15, 0.2) is 10.5 Å². The summed E-state index contributed by atoms with van der Waals surface area (Å²) in [7, 11) is 0. The topological polar surface area (TPSA) is 17.1 Å². The van der Waals surface area contributed by atoms with E-state index in [4.69, 9.17) is 0 Å². The van der Waals surface area contributed by atoms with Gasteiger partial charge in [0.05, 0.1) is 4.88 Å². The van der Waals surface area contributed by atoms with Crippen LogP contribution >= 0.6 is 27.3 Å². The molecule has 0 radical (unpaired) electrons. The lowest BCUT2D eigenvalue weighted by atomic mass is 9.90. The molecule has 0 aliphatic rings. The van der Waals surface area contributed by atoms with Crippen LogP contribution in [0.1, 0.15) is 35.3 Å². The van der Waals surface area contributed by atoms with Crippen molar-refractivity contribution in [3.8, 4) is 0 Å². The number of hydrogen-bond donors (Lipinski definition) is 0. The molecule has 0 amide bonds. The first-order valence-electron chi connectivity index (χ1n) is 4.13. The highest BCUT2D eigenvalue weighted by Crippen LogP contribution is 2.31. The summed E-state index contributed by atoms with van der Waals surface area (Å²) in [5.74, 6) is 0.214. The molecule has 72 valence electrons. The van der Waals surface area contributed by atoms with Gasteiger partial charge in [-0.2, -0.15) is 0 Å². The standard InChI is InChI=1S/C10H13BrOS/c1-6-7(11)5-8(13-6)9(12)10(2,3)4/h5H,1-4H3. The zero-order valence-electron chi connectivity index (χ0n) is 8.27. The molecule has 3 heteroatoms. The maximum absolute atomic E-state index is 11.8. The molecule has 0 saturated heterocycles. The molecule has 1 nitrogen and oxygen atoms in total. The third-order valence-electron chi connectivity index (χ3n) is 1.76. The molecule has 0 fully saturated rings. The Kier molecular flexibility index (Phi) is 2.98. The van der Waals surface area contributed by atoms with Gasteiger partial charge in [0.15, 0.2) is 5.78 Å². The molecule has 0 saturated carbocycles. The van der Waals surface area contributed by atoms with E-state index < -0.39 is 0 Å². The number of carbonyl (C=O) groups excluding carboxylic acids is 1. The molecule has 0 unspecified atom stereocenters. The fourth-order valence-electron chi connectivity index (χ4n) is 0.941. The Morgan fingerprint density at radius 2 is 2.00 bits per heavy atom. The van der Waals surface area contributed by atoms with Crippen LogP contribution in [-0.2, 0) is 0 Å². The van der Waals surface area contributed by atoms with Crippen molar-refractivity contribution in [2.75, 3.05) is 0 Å². The van der Waals surface area contributed by atoms with Crippen LogP contribution in [0.25, 0.3) is 0 Å². The van der Waals surface area contributed by atoms with Gasteiger partial charge < -0.3 is 0 Å². The van der Waals surface area contributed by atoms with E-state index in [1.807, 2.05) is 33.8 Å². The molecule has 1 heterocycles. The van der Waals surface area contributed by atoms with E-state index in [1.54, 1.807) is 11.3 Å². The van der Waals surface area contributed by atoms with E-state index >= 15 is 0 Å². The van der Waals surface area contributed by atoms with Gasteiger partial charge in [-0.25, -0.2) is 0 Å². The zero-order valence-corrected chi connectivity index (χ0v) is 10.7. The lowest BCUT2D eigenvalue weighted by Crippen LogP contribution is -2.18. The Bertz CT molecular complexity index is 314. The summed E-state index contributed by atoms with van der Waals surface area (Å²) in [6, 6.07) is 1.91. The summed E-state index contributed by atoms with van der Waals surface area (Å²) in [4.78, 5) is 13.8. The Balaban J connectivity index is 3.03. The third-order valence-corrected chi connectivity index (χ3v) is 3.90. The molecule has 1 aromatic rings. The molecule has 0 aliphatic carbocycles. The molecule has 0 aromatic carbocycles. The van der Waals surface area contributed by atoms with Crippen LogP contribution in [-0.4, -0.2) is 5.78 Å². The van der Waals surface area contributed by atoms with Crippen LogP contribution in [0.5, 0.6) is 0 Å². The fourth-order valence-corrected chi connectivity index (χ4v) is 2.63. The fraction of sp³-hybridized carbons (Fsp3) is 0.500. The normalized spacial score (nSPS) is 11.8. The Hall–Kier alpha value is -0.150. The average molecular weight is 261 g/mol. The lowest BCUT2D eigenvalue weighted by molar-refractivity contribution is 0.0863. The molecular formula is C10H13BrOS. The highest BCUT2D eigenvalue weighted by molar-refractivity contribution is 9.10. The number of halogens is 1.